The summed E-state index contributed by atoms with van der Waals surface area (Å²) in [4.78, 5) is 0. The Morgan fingerprint density at radius 1 is 0.593 bits per heavy atom. The largest absolute Gasteiger partial charge is 3.00 e. The fraction of sp³-hybridized carbons (Fsp3) is 1.00. The molecule has 0 bridgehead atoms. The van der Waals surface area contributed by atoms with E-state index in [1.165, 1.54) is 32.1 Å². The van der Waals surface area contributed by atoms with Gasteiger partial charge in [0.15, 0.2) is 0 Å². The molecule has 7 nitrogen and oxygen atoms in total. The summed E-state index contributed by atoms with van der Waals surface area (Å²) in [5.41, 5.74) is 0. The molecule has 0 aliphatic rings. The first kappa shape index (κ1) is 43.4. The van der Waals surface area contributed by atoms with Gasteiger partial charge in [0.25, 0.3) is 0 Å². The molecule has 2 radical (unpaired) electrons. The second-order valence-corrected chi connectivity index (χ2v) is 5.40. The Kier molecular flexibility index (Phi) is 49.3. The summed E-state index contributed by atoms with van der Waals surface area (Å²) < 4.78 is 23.5. The summed E-state index contributed by atoms with van der Waals surface area (Å²) in [6.45, 7) is 12.4. The molecule has 0 aromatic rings. The average Bonchev–Trinajstić information content (AvgIpc) is 2.50. The van der Waals surface area contributed by atoms with Crippen molar-refractivity contribution < 1.29 is 119 Å². The standard InChI is InChI=1S/C18H38O4.2Ce.3O/c1-6-11-12-13-14-15-16-17(19-7-2)18(20-8-3,21-9-4)22-10-5;;;;;/h17H,6-16H2,1-5H3;;;;;/q;2*+3;3*-2. The molecular formula is C18H38Ce2O7. The van der Waals surface area contributed by atoms with Gasteiger partial charge in [-0.15, -0.1) is 0 Å². The van der Waals surface area contributed by atoms with Crippen LogP contribution < -0.4 is 0 Å². The number of ether oxygens (including phenoxy) is 4. The molecule has 0 amide bonds. The third-order valence-electron chi connectivity index (χ3n) is 3.62. The van der Waals surface area contributed by atoms with Gasteiger partial charge in [-0.05, 0) is 34.1 Å². The molecule has 9 heteroatoms. The van der Waals surface area contributed by atoms with Crippen molar-refractivity contribution in [3.8, 4) is 0 Å². The van der Waals surface area contributed by atoms with Gasteiger partial charge < -0.3 is 35.4 Å². The second kappa shape index (κ2) is 30.7. The molecule has 0 saturated heterocycles. The van der Waals surface area contributed by atoms with E-state index in [1.807, 2.05) is 27.7 Å². The van der Waals surface area contributed by atoms with Crippen LogP contribution in [0.5, 0.6) is 0 Å². The molecule has 0 N–H and O–H groups in total. The minimum Gasteiger partial charge on any atom is -2.00 e. The van der Waals surface area contributed by atoms with Crippen molar-refractivity contribution in [2.24, 2.45) is 0 Å². The molecule has 0 saturated carbocycles. The van der Waals surface area contributed by atoms with Gasteiger partial charge >= 0.3 is 89.5 Å². The zero-order valence-corrected chi connectivity index (χ0v) is 24.0. The van der Waals surface area contributed by atoms with Crippen LogP contribution in [-0.2, 0) is 35.4 Å². The van der Waals surface area contributed by atoms with Gasteiger partial charge in [-0.1, -0.05) is 45.4 Å². The maximum atomic E-state index is 5.92. The molecule has 27 heavy (non-hydrogen) atoms. The first-order chi connectivity index (χ1) is 10.7. The van der Waals surface area contributed by atoms with Gasteiger partial charge in [0.05, 0.1) is 0 Å². The number of rotatable bonds is 16. The third-order valence-corrected chi connectivity index (χ3v) is 3.62. The summed E-state index contributed by atoms with van der Waals surface area (Å²) in [6, 6.07) is 0. The van der Waals surface area contributed by atoms with Crippen molar-refractivity contribution in [2.75, 3.05) is 26.4 Å². The zero-order chi connectivity index (χ0) is 16.7. The molecule has 0 aromatic carbocycles. The van der Waals surface area contributed by atoms with E-state index >= 15 is 0 Å². The number of hydrogen-bond donors (Lipinski definition) is 0. The maximum absolute atomic E-state index is 5.92. The smallest absolute Gasteiger partial charge is 2.00 e. The predicted octanol–water partition coefficient (Wildman–Crippen LogP) is 4.55. The summed E-state index contributed by atoms with van der Waals surface area (Å²) in [5, 5.41) is 0. The molecule has 0 aliphatic heterocycles. The van der Waals surface area contributed by atoms with E-state index in [1.54, 1.807) is 0 Å². The SMILES string of the molecule is CCCCCCCCC(OCC)C(OCC)(OCC)OCC.[Ce+3].[Ce+3].[O-2].[O-2].[O-2]. The van der Waals surface area contributed by atoms with Crippen LogP contribution in [0.1, 0.15) is 79.6 Å². The van der Waals surface area contributed by atoms with Crippen molar-refractivity contribution in [2.45, 2.75) is 91.6 Å². The molecule has 0 rings (SSSR count). The Hall–Kier alpha value is 2.47. The van der Waals surface area contributed by atoms with Crippen LogP contribution in [0.15, 0.2) is 0 Å². The molecule has 160 valence electrons. The quantitative estimate of drug-likeness (QED) is 0.180. The number of hydrogen-bond acceptors (Lipinski definition) is 4. The summed E-state index contributed by atoms with van der Waals surface area (Å²) in [5.74, 6) is -1.06. The van der Waals surface area contributed by atoms with Crippen molar-refractivity contribution in [3.63, 3.8) is 0 Å². The van der Waals surface area contributed by atoms with Crippen LogP contribution in [0, 0.1) is 83.5 Å². The first-order valence-electron chi connectivity index (χ1n) is 9.24. The third kappa shape index (κ3) is 20.1. The van der Waals surface area contributed by atoms with Gasteiger partial charge in [-0.2, -0.15) is 0 Å². The van der Waals surface area contributed by atoms with Gasteiger partial charge in [0.2, 0.25) is 0 Å². The molecule has 1 atom stereocenters. The second-order valence-electron chi connectivity index (χ2n) is 5.40. The van der Waals surface area contributed by atoms with Gasteiger partial charge in [-0.3, -0.25) is 0 Å². The van der Waals surface area contributed by atoms with Gasteiger partial charge in [0, 0.05) is 26.4 Å². The Labute approximate surface area is 234 Å². The average molecular weight is 647 g/mol. The molecule has 0 fully saturated rings. The van der Waals surface area contributed by atoms with E-state index in [4.69, 9.17) is 18.9 Å². The van der Waals surface area contributed by atoms with E-state index in [-0.39, 0.29) is 106 Å². The van der Waals surface area contributed by atoms with Crippen LogP contribution in [0.25, 0.3) is 0 Å². The van der Waals surface area contributed by atoms with E-state index in [9.17, 15) is 0 Å². The fourth-order valence-corrected chi connectivity index (χ4v) is 2.68. The minimum atomic E-state index is -1.06. The van der Waals surface area contributed by atoms with Crippen LogP contribution in [0.4, 0.5) is 0 Å². The first-order valence-corrected chi connectivity index (χ1v) is 9.24. The maximum Gasteiger partial charge on any atom is 3.00 e. The molecule has 0 spiro atoms. The summed E-state index contributed by atoms with van der Waals surface area (Å²) in [7, 11) is 0. The Bertz CT molecular complexity index is 233. The Morgan fingerprint density at radius 3 is 1.37 bits per heavy atom. The Balaban J connectivity index is -0.000000220. The molecule has 0 aliphatic carbocycles. The van der Waals surface area contributed by atoms with Gasteiger partial charge in [-0.25, -0.2) is 0 Å². The van der Waals surface area contributed by atoms with E-state index in [0.29, 0.717) is 26.4 Å². The van der Waals surface area contributed by atoms with Gasteiger partial charge in [0.1, 0.15) is 6.10 Å². The van der Waals surface area contributed by atoms with Crippen molar-refractivity contribution >= 4 is 0 Å². The monoisotopic (exact) mass is 646 g/mol. The van der Waals surface area contributed by atoms with Crippen molar-refractivity contribution in [1.29, 1.82) is 0 Å². The molecule has 1 unspecified atom stereocenters. The van der Waals surface area contributed by atoms with Crippen molar-refractivity contribution in [3.05, 3.63) is 0 Å². The molecule has 0 aromatic heterocycles. The van der Waals surface area contributed by atoms with E-state index < -0.39 is 5.97 Å². The topological polar surface area (TPSA) is 122 Å². The Morgan fingerprint density at radius 2 is 1.00 bits per heavy atom. The normalized spacial score (nSPS) is 11.0. The van der Waals surface area contributed by atoms with Crippen LogP contribution in [0.2, 0.25) is 0 Å². The summed E-state index contributed by atoms with van der Waals surface area (Å²) in [6.07, 6.45) is 8.29. The van der Waals surface area contributed by atoms with Crippen LogP contribution in [-0.4, -0.2) is 38.5 Å². The minimum absolute atomic E-state index is 0. The van der Waals surface area contributed by atoms with Crippen LogP contribution >= 0.6 is 0 Å². The van der Waals surface area contributed by atoms with E-state index in [2.05, 4.69) is 6.92 Å². The van der Waals surface area contributed by atoms with Crippen LogP contribution in [0.3, 0.4) is 0 Å². The predicted molar refractivity (Wildman–Crippen MR) is 93.1 cm³/mol. The zero-order valence-electron chi connectivity index (χ0n) is 17.7. The molecule has 0 heterocycles. The summed E-state index contributed by atoms with van der Waals surface area (Å²) >= 11 is 0. The number of unbranched alkanes of at least 4 members (excludes halogenated alkanes) is 5. The van der Waals surface area contributed by atoms with Crippen molar-refractivity contribution in [1.82, 2.24) is 0 Å². The van der Waals surface area contributed by atoms with E-state index in [0.717, 1.165) is 12.8 Å². The molecular weight excluding hydrogens is 608 g/mol. The fourth-order valence-electron chi connectivity index (χ4n) is 2.68.